The molecule has 33 heavy (non-hydrogen) atoms. The summed E-state index contributed by atoms with van der Waals surface area (Å²) in [5.41, 5.74) is 3.77. The van der Waals surface area contributed by atoms with E-state index >= 15 is 0 Å². The van der Waals surface area contributed by atoms with Gasteiger partial charge in [0.25, 0.3) is 0 Å². The van der Waals surface area contributed by atoms with Crippen molar-refractivity contribution in [2.45, 2.75) is 32.7 Å². The first-order valence-electron chi connectivity index (χ1n) is 10.5. The first-order valence-corrected chi connectivity index (χ1v) is 11.6. The zero-order valence-corrected chi connectivity index (χ0v) is 21.0. The van der Waals surface area contributed by atoms with Crippen LogP contribution in [0.2, 0.25) is 15.1 Å². The van der Waals surface area contributed by atoms with Crippen LogP contribution in [0.15, 0.2) is 36.5 Å². The molecule has 4 rings (SSSR count). The first kappa shape index (κ1) is 23.8. The average Bonchev–Trinajstić information content (AvgIpc) is 3.08. The number of aromatic nitrogens is 4. The summed E-state index contributed by atoms with van der Waals surface area (Å²) >= 11 is 19.1. The highest BCUT2D eigenvalue weighted by atomic mass is 35.5. The number of rotatable bonds is 6. The molecule has 172 valence electrons. The highest BCUT2D eigenvalue weighted by molar-refractivity contribution is 6.40. The second kappa shape index (κ2) is 9.47. The van der Waals surface area contributed by atoms with Crippen molar-refractivity contribution in [3.63, 3.8) is 0 Å². The summed E-state index contributed by atoms with van der Waals surface area (Å²) in [7, 11) is 3.92. The first-order chi connectivity index (χ1) is 15.6. The van der Waals surface area contributed by atoms with Crippen LogP contribution in [-0.2, 0) is 13.0 Å². The van der Waals surface area contributed by atoms with E-state index in [9.17, 15) is 5.11 Å². The smallest absolute Gasteiger partial charge is 0.166 e. The van der Waals surface area contributed by atoms with Gasteiger partial charge in [0.2, 0.25) is 0 Å². The molecule has 1 N–H and O–H groups in total. The van der Waals surface area contributed by atoms with Crippen LogP contribution in [0.25, 0.3) is 16.7 Å². The molecular formula is C24H24Cl3N5O. The number of fused-ring (bicyclic) bond motifs is 1. The molecule has 0 aliphatic heterocycles. The van der Waals surface area contributed by atoms with E-state index in [4.69, 9.17) is 44.9 Å². The number of nitrogens with zero attached hydrogens (tertiary/aromatic N) is 5. The third kappa shape index (κ3) is 4.94. The Morgan fingerprint density at radius 3 is 2.36 bits per heavy atom. The summed E-state index contributed by atoms with van der Waals surface area (Å²) in [4.78, 5) is 11.4. The zero-order chi connectivity index (χ0) is 23.9. The minimum atomic E-state index is 0.147. The van der Waals surface area contributed by atoms with Crippen molar-refractivity contribution in [2.75, 3.05) is 14.1 Å². The maximum Gasteiger partial charge on any atom is 0.166 e. The summed E-state index contributed by atoms with van der Waals surface area (Å²) in [6.45, 7) is 4.78. The summed E-state index contributed by atoms with van der Waals surface area (Å²) in [6.07, 6.45) is 2.24. The molecule has 2 heterocycles. The molecule has 0 radical (unpaired) electrons. The predicted molar refractivity (Wildman–Crippen MR) is 134 cm³/mol. The third-order valence-electron chi connectivity index (χ3n) is 5.24. The van der Waals surface area contributed by atoms with Crippen LogP contribution >= 0.6 is 34.8 Å². The Bertz CT molecular complexity index is 1310. The highest BCUT2D eigenvalue weighted by Crippen LogP contribution is 2.35. The monoisotopic (exact) mass is 503 g/mol. The number of phenols is 1. The topological polar surface area (TPSA) is 67.1 Å². The molecule has 2 aromatic carbocycles. The Morgan fingerprint density at radius 2 is 1.76 bits per heavy atom. The molecule has 0 aliphatic rings. The average molecular weight is 505 g/mol. The Morgan fingerprint density at radius 1 is 1.06 bits per heavy atom. The van der Waals surface area contributed by atoms with Crippen molar-refractivity contribution in [3.8, 4) is 11.4 Å². The minimum absolute atomic E-state index is 0.147. The Balaban J connectivity index is 1.79. The Hall–Kier alpha value is -2.38. The van der Waals surface area contributed by atoms with Crippen LogP contribution in [-0.4, -0.2) is 43.9 Å². The van der Waals surface area contributed by atoms with Gasteiger partial charge >= 0.3 is 0 Å². The van der Waals surface area contributed by atoms with E-state index in [1.807, 2.05) is 31.1 Å². The van der Waals surface area contributed by atoms with Gasteiger partial charge in [-0.1, -0.05) is 60.8 Å². The normalized spacial score (nSPS) is 11.8. The molecular weight excluding hydrogens is 481 g/mol. The maximum atomic E-state index is 10.4. The van der Waals surface area contributed by atoms with E-state index < -0.39 is 0 Å². The number of phenolic OH excluding ortho intramolecular Hbond substituents is 1. The molecule has 0 amide bonds. The highest BCUT2D eigenvalue weighted by Gasteiger charge is 2.21. The summed E-state index contributed by atoms with van der Waals surface area (Å²) in [6, 6.07) is 8.93. The maximum absolute atomic E-state index is 10.4. The van der Waals surface area contributed by atoms with Crippen LogP contribution < -0.4 is 0 Å². The van der Waals surface area contributed by atoms with Gasteiger partial charge in [-0.05, 0) is 43.8 Å². The van der Waals surface area contributed by atoms with Gasteiger partial charge in [0, 0.05) is 29.7 Å². The van der Waals surface area contributed by atoms with E-state index in [0.29, 0.717) is 45.2 Å². The summed E-state index contributed by atoms with van der Waals surface area (Å²) < 4.78 is 1.66. The molecule has 6 nitrogen and oxygen atoms in total. The van der Waals surface area contributed by atoms with E-state index in [1.165, 1.54) is 0 Å². The van der Waals surface area contributed by atoms with Gasteiger partial charge in [-0.15, -0.1) is 0 Å². The van der Waals surface area contributed by atoms with Gasteiger partial charge in [0.1, 0.15) is 17.3 Å². The minimum Gasteiger partial charge on any atom is -0.508 e. The van der Waals surface area contributed by atoms with Gasteiger partial charge < -0.3 is 10.0 Å². The molecule has 0 spiro atoms. The van der Waals surface area contributed by atoms with Crippen molar-refractivity contribution < 1.29 is 5.11 Å². The molecule has 0 saturated carbocycles. The van der Waals surface area contributed by atoms with E-state index in [2.05, 4.69) is 18.8 Å². The molecule has 9 heteroatoms. The van der Waals surface area contributed by atoms with E-state index in [-0.39, 0.29) is 11.7 Å². The van der Waals surface area contributed by atoms with Crippen LogP contribution in [0, 0.1) is 0 Å². The lowest BCUT2D eigenvalue weighted by Crippen LogP contribution is -2.10. The number of halogens is 3. The molecule has 0 saturated heterocycles. The second-order valence-electron chi connectivity index (χ2n) is 8.57. The third-order valence-corrected chi connectivity index (χ3v) is 6.04. The Kier molecular flexibility index (Phi) is 6.82. The fraction of sp³-hybridized carbons (Fsp3) is 0.292. The quantitative estimate of drug-likeness (QED) is 0.336. The number of aromatic hydroxyl groups is 1. The SMILES string of the molecule is CC(C)c1nn(-c2c(Cl)cc(Cl)cc2Cl)c2nc(Cc3ccc(CN(C)C)c(O)c3)ncc12. The molecule has 0 fully saturated rings. The summed E-state index contributed by atoms with van der Waals surface area (Å²) in [5, 5.41) is 17.2. The second-order valence-corrected chi connectivity index (χ2v) is 9.82. The molecule has 4 aromatic rings. The van der Waals surface area contributed by atoms with Crippen LogP contribution in [0.5, 0.6) is 5.75 Å². The molecule has 0 aliphatic carbocycles. The molecule has 2 aromatic heterocycles. The van der Waals surface area contributed by atoms with Gasteiger partial charge in [-0.3, -0.25) is 0 Å². The van der Waals surface area contributed by atoms with Crippen molar-refractivity contribution in [2.24, 2.45) is 0 Å². The van der Waals surface area contributed by atoms with Gasteiger partial charge in [0.05, 0.1) is 21.1 Å². The molecule has 0 atom stereocenters. The number of hydrogen-bond donors (Lipinski definition) is 1. The van der Waals surface area contributed by atoms with Crippen LogP contribution in [0.3, 0.4) is 0 Å². The lowest BCUT2D eigenvalue weighted by Gasteiger charge is -2.12. The van der Waals surface area contributed by atoms with Gasteiger partial charge in [0.15, 0.2) is 5.65 Å². The van der Waals surface area contributed by atoms with Crippen LogP contribution in [0.4, 0.5) is 0 Å². The predicted octanol–water partition coefficient (Wildman–Crippen LogP) is 6.26. The lowest BCUT2D eigenvalue weighted by atomic mass is 10.1. The van der Waals surface area contributed by atoms with E-state index in [0.717, 1.165) is 22.2 Å². The largest absolute Gasteiger partial charge is 0.508 e. The van der Waals surface area contributed by atoms with Gasteiger partial charge in [-0.2, -0.15) is 5.10 Å². The fourth-order valence-corrected chi connectivity index (χ4v) is 4.72. The van der Waals surface area contributed by atoms with Crippen molar-refractivity contribution >= 4 is 45.8 Å². The molecule has 0 bridgehead atoms. The van der Waals surface area contributed by atoms with Crippen molar-refractivity contribution in [1.29, 1.82) is 0 Å². The Labute approximate surface area is 207 Å². The zero-order valence-electron chi connectivity index (χ0n) is 18.8. The van der Waals surface area contributed by atoms with E-state index in [1.54, 1.807) is 29.1 Å². The van der Waals surface area contributed by atoms with Crippen LogP contribution in [0.1, 0.15) is 42.4 Å². The lowest BCUT2D eigenvalue weighted by molar-refractivity contribution is 0.385. The fourth-order valence-electron chi connectivity index (χ4n) is 3.74. The standard InChI is InChI=1S/C24H24Cl3N5O/c1-13(2)22-17-11-28-21(8-14-5-6-15(12-31(3)4)20(33)7-14)29-24(17)32(30-22)23-18(26)9-16(25)10-19(23)27/h5-7,9-11,13,33H,8,12H2,1-4H3. The number of benzene rings is 2. The van der Waals surface area contributed by atoms with Crippen molar-refractivity contribution in [3.05, 3.63) is 74.2 Å². The van der Waals surface area contributed by atoms with Gasteiger partial charge in [-0.25, -0.2) is 14.6 Å². The molecule has 0 unspecified atom stereocenters. The number of hydrogen-bond acceptors (Lipinski definition) is 5. The summed E-state index contributed by atoms with van der Waals surface area (Å²) in [5.74, 6) is 1.00. The van der Waals surface area contributed by atoms with Crippen molar-refractivity contribution in [1.82, 2.24) is 24.6 Å².